The van der Waals surface area contributed by atoms with Gasteiger partial charge in [-0.1, -0.05) is 6.07 Å². The van der Waals surface area contributed by atoms with E-state index in [-0.39, 0.29) is 11.6 Å². The fourth-order valence-electron chi connectivity index (χ4n) is 3.04. The van der Waals surface area contributed by atoms with Crippen LogP contribution in [0.25, 0.3) is 0 Å². The number of anilines is 1. The Bertz CT molecular complexity index is 500. The molecule has 0 saturated carbocycles. The molecule has 21 heavy (non-hydrogen) atoms. The van der Waals surface area contributed by atoms with Gasteiger partial charge in [-0.3, -0.25) is 0 Å². The van der Waals surface area contributed by atoms with Crippen LogP contribution in [0.1, 0.15) is 24.8 Å². The molecule has 0 bridgehead atoms. The van der Waals surface area contributed by atoms with Crippen molar-refractivity contribution in [2.75, 3.05) is 23.4 Å². The Hall–Kier alpha value is -0.880. The number of alkyl halides is 3. The van der Waals surface area contributed by atoms with Crippen molar-refractivity contribution in [1.29, 1.82) is 0 Å². The average molecular weight is 317 g/mol. The van der Waals surface area contributed by atoms with Crippen LogP contribution in [0.2, 0.25) is 0 Å². The predicted molar refractivity (Wildman–Crippen MR) is 78.7 cm³/mol. The summed E-state index contributed by atoms with van der Waals surface area (Å²) in [6, 6.07) is 5.61. The standard InChI is InChI=1S/C15H18F3NOS/c16-15(17,18)11-2-1-3-12(8-11)19-13-4-6-20-14(9-13)5-7-21-10-14/h1-3,8,13,19H,4-7,9-10H2. The monoisotopic (exact) mass is 317 g/mol. The number of rotatable bonds is 2. The summed E-state index contributed by atoms with van der Waals surface area (Å²) in [5.74, 6) is 2.10. The van der Waals surface area contributed by atoms with Gasteiger partial charge in [0.15, 0.2) is 0 Å². The number of hydrogen-bond acceptors (Lipinski definition) is 3. The minimum absolute atomic E-state index is 0.0672. The van der Waals surface area contributed by atoms with Crippen molar-refractivity contribution in [2.24, 2.45) is 0 Å². The Labute approximate surface area is 126 Å². The van der Waals surface area contributed by atoms with Crippen LogP contribution in [0.4, 0.5) is 18.9 Å². The van der Waals surface area contributed by atoms with E-state index in [9.17, 15) is 13.2 Å². The zero-order valence-corrected chi connectivity index (χ0v) is 12.4. The quantitative estimate of drug-likeness (QED) is 0.884. The van der Waals surface area contributed by atoms with Crippen molar-refractivity contribution in [3.05, 3.63) is 29.8 Å². The van der Waals surface area contributed by atoms with Crippen molar-refractivity contribution < 1.29 is 17.9 Å². The Morgan fingerprint density at radius 1 is 1.33 bits per heavy atom. The van der Waals surface area contributed by atoms with E-state index in [4.69, 9.17) is 4.74 Å². The molecule has 2 unspecified atom stereocenters. The summed E-state index contributed by atoms with van der Waals surface area (Å²) in [5.41, 5.74) is -0.134. The average Bonchev–Trinajstić information content (AvgIpc) is 2.86. The molecule has 2 nitrogen and oxygen atoms in total. The van der Waals surface area contributed by atoms with Gasteiger partial charge in [0, 0.05) is 24.1 Å². The Kier molecular flexibility index (Phi) is 4.10. The minimum atomic E-state index is -4.29. The Morgan fingerprint density at radius 3 is 2.90 bits per heavy atom. The van der Waals surface area contributed by atoms with Crippen LogP contribution in [-0.2, 0) is 10.9 Å². The molecule has 1 aromatic carbocycles. The van der Waals surface area contributed by atoms with Crippen molar-refractivity contribution >= 4 is 17.4 Å². The van der Waals surface area contributed by atoms with E-state index in [0.717, 1.165) is 36.8 Å². The van der Waals surface area contributed by atoms with Crippen LogP contribution in [0.3, 0.4) is 0 Å². The van der Waals surface area contributed by atoms with E-state index in [2.05, 4.69) is 5.32 Å². The third-order valence-electron chi connectivity index (χ3n) is 4.12. The second-order valence-electron chi connectivity index (χ2n) is 5.75. The number of thioether (sulfide) groups is 1. The molecular formula is C15H18F3NOS. The molecule has 1 N–H and O–H groups in total. The molecular weight excluding hydrogens is 299 g/mol. The molecule has 0 aliphatic carbocycles. The van der Waals surface area contributed by atoms with Gasteiger partial charge in [-0.25, -0.2) is 0 Å². The van der Waals surface area contributed by atoms with Gasteiger partial charge >= 0.3 is 6.18 Å². The van der Waals surface area contributed by atoms with Gasteiger partial charge in [0.1, 0.15) is 0 Å². The van der Waals surface area contributed by atoms with Crippen LogP contribution < -0.4 is 5.32 Å². The zero-order valence-electron chi connectivity index (χ0n) is 11.6. The molecule has 2 saturated heterocycles. The van der Waals surface area contributed by atoms with Crippen LogP contribution in [0, 0.1) is 0 Å². The number of ether oxygens (including phenoxy) is 1. The number of benzene rings is 1. The highest BCUT2D eigenvalue weighted by molar-refractivity contribution is 7.99. The molecule has 2 atom stereocenters. The molecule has 0 aromatic heterocycles. The lowest BCUT2D eigenvalue weighted by Crippen LogP contribution is -2.44. The second kappa shape index (κ2) is 5.72. The van der Waals surface area contributed by atoms with Crippen LogP contribution in [0.15, 0.2) is 24.3 Å². The van der Waals surface area contributed by atoms with Gasteiger partial charge in [-0.2, -0.15) is 24.9 Å². The summed E-state index contributed by atoms with van der Waals surface area (Å²) in [7, 11) is 0. The largest absolute Gasteiger partial charge is 0.416 e. The Balaban J connectivity index is 1.69. The number of nitrogens with one attached hydrogen (secondary N) is 1. The lowest BCUT2D eigenvalue weighted by molar-refractivity contribution is -0.137. The van der Waals surface area contributed by atoms with E-state index in [0.29, 0.717) is 12.3 Å². The van der Waals surface area contributed by atoms with Crippen molar-refractivity contribution in [3.63, 3.8) is 0 Å². The third-order valence-corrected chi connectivity index (χ3v) is 5.34. The lowest BCUT2D eigenvalue weighted by atomic mass is 9.89. The van der Waals surface area contributed by atoms with Gasteiger partial charge in [-0.15, -0.1) is 0 Å². The smallest absolute Gasteiger partial charge is 0.382 e. The SMILES string of the molecule is FC(F)(F)c1cccc(NC2CCOC3(CCSC3)C2)c1. The maximum absolute atomic E-state index is 12.7. The molecule has 1 spiro atoms. The van der Waals surface area contributed by atoms with Crippen molar-refractivity contribution in [3.8, 4) is 0 Å². The highest BCUT2D eigenvalue weighted by Crippen LogP contribution is 2.39. The highest BCUT2D eigenvalue weighted by Gasteiger charge is 2.40. The molecule has 2 heterocycles. The molecule has 0 amide bonds. The predicted octanol–water partition coefficient (Wildman–Crippen LogP) is 4.17. The minimum Gasteiger partial charge on any atom is -0.382 e. The zero-order chi connectivity index (χ0) is 14.9. The van der Waals surface area contributed by atoms with Crippen LogP contribution in [0.5, 0.6) is 0 Å². The molecule has 2 aliphatic rings. The molecule has 2 aliphatic heterocycles. The normalized spacial score (nSPS) is 29.8. The summed E-state index contributed by atoms with van der Waals surface area (Å²) in [6.45, 7) is 0.678. The van der Waals surface area contributed by atoms with Crippen molar-refractivity contribution in [2.45, 2.75) is 37.1 Å². The van der Waals surface area contributed by atoms with E-state index in [1.165, 1.54) is 12.1 Å². The maximum atomic E-state index is 12.7. The molecule has 6 heteroatoms. The lowest BCUT2D eigenvalue weighted by Gasteiger charge is -2.38. The number of hydrogen-bond donors (Lipinski definition) is 1. The topological polar surface area (TPSA) is 21.3 Å². The van der Waals surface area contributed by atoms with Gasteiger partial charge < -0.3 is 10.1 Å². The third kappa shape index (κ3) is 3.48. The fourth-order valence-corrected chi connectivity index (χ4v) is 4.41. The first-order valence-corrected chi connectivity index (χ1v) is 8.28. The number of halogens is 3. The molecule has 3 rings (SSSR count). The van der Waals surface area contributed by atoms with E-state index >= 15 is 0 Å². The summed E-state index contributed by atoms with van der Waals surface area (Å²) in [6.07, 6.45) is -1.55. The van der Waals surface area contributed by atoms with E-state index in [1.807, 2.05) is 11.8 Å². The maximum Gasteiger partial charge on any atom is 0.416 e. The first-order chi connectivity index (χ1) is 9.97. The highest BCUT2D eigenvalue weighted by atomic mass is 32.2. The summed E-state index contributed by atoms with van der Waals surface area (Å²) in [4.78, 5) is 0. The van der Waals surface area contributed by atoms with Gasteiger partial charge in [0.05, 0.1) is 11.2 Å². The molecule has 116 valence electrons. The first kappa shape index (κ1) is 15.0. The van der Waals surface area contributed by atoms with Crippen molar-refractivity contribution in [1.82, 2.24) is 0 Å². The first-order valence-electron chi connectivity index (χ1n) is 7.12. The fraction of sp³-hybridized carbons (Fsp3) is 0.600. The van der Waals surface area contributed by atoms with Gasteiger partial charge in [0.2, 0.25) is 0 Å². The second-order valence-corrected chi connectivity index (χ2v) is 6.85. The van der Waals surface area contributed by atoms with Gasteiger partial charge in [-0.05, 0) is 43.2 Å². The summed E-state index contributed by atoms with van der Waals surface area (Å²) in [5, 5.41) is 3.26. The van der Waals surface area contributed by atoms with E-state index < -0.39 is 11.7 Å². The van der Waals surface area contributed by atoms with Crippen LogP contribution in [-0.4, -0.2) is 29.8 Å². The van der Waals surface area contributed by atoms with Gasteiger partial charge in [0.25, 0.3) is 0 Å². The van der Waals surface area contributed by atoms with Crippen LogP contribution >= 0.6 is 11.8 Å². The van der Waals surface area contributed by atoms with E-state index in [1.54, 1.807) is 6.07 Å². The molecule has 2 fully saturated rings. The summed E-state index contributed by atoms with van der Waals surface area (Å²) < 4.78 is 44.1. The molecule has 0 radical (unpaired) electrons. The molecule has 1 aromatic rings. The Morgan fingerprint density at radius 2 is 2.19 bits per heavy atom. The summed E-state index contributed by atoms with van der Waals surface area (Å²) >= 11 is 1.89.